The van der Waals surface area contributed by atoms with Crippen molar-refractivity contribution in [3.63, 3.8) is 0 Å². The number of nitrogens with two attached hydrogens (primary N) is 1. The normalized spacial score (nSPS) is 21.3. The Kier molecular flexibility index (Phi) is 6.67. The van der Waals surface area contributed by atoms with Gasteiger partial charge in [0.1, 0.15) is 6.04 Å². The number of rotatable bonds is 4. The largest absolute Gasteiger partial charge is 0.338 e. The summed E-state index contributed by atoms with van der Waals surface area (Å²) in [5.74, 6) is 0.00251. The van der Waals surface area contributed by atoms with Crippen LogP contribution in [0.5, 0.6) is 0 Å². The molecule has 6 nitrogen and oxygen atoms in total. The molecule has 6 heteroatoms. The Morgan fingerprint density at radius 2 is 1.71 bits per heavy atom. The molecule has 1 heterocycles. The fraction of sp³-hybridized carbons (Fsp3) is 0.889. The van der Waals surface area contributed by atoms with Crippen LogP contribution in [0.4, 0.5) is 4.79 Å². The zero-order valence-electron chi connectivity index (χ0n) is 16.4. The lowest BCUT2D eigenvalue weighted by Gasteiger charge is -2.36. The van der Waals surface area contributed by atoms with Crippen LogP contribution in [0.25, 0.3) is 0 Å². The summed E-state index contributed by atoms with van der Waals surface area (Å²) in [4.78, 5) is 27.3. The van der Waals surface area contributed by atoms with Crippen molar-refractivity contribution >= 4 is 11.9 Å². The molecule has 0 aromatic rings. The summed E-state index contributed by atoms with van der Waals surface area (Å²) < 4.78 is 0. The van der Waals surface area contributed by atoms with E-state index in [1.165, 1.54) is 0 Å². The van der Waals surface area contributed by atoms with Crippen molar-refractivity contribution < 1.29 is 9.59 Å². The number of hydrogen-bond acceptors (Lipinski definition) is 3. The Balaban J connectivity index is 2.83. The van der Waals surface area contributed by atoms with E-state index in [-0.39, 0.29) is 34.9 Å². The van der Waals surface area contributed by atoms with Crippen LogP contribution in [0, 0.1) is 10.8 Å². The molecule has 0 radical (unpaired) electrons. The number of hydrogen-bond donors (Lipinski definition) is 3. The fourth-order valence-corrected chi connectivity index (χ4v) is 3.04. The Morgan fingerprint density at radius 1 is 1.12 bits per heavy atom. The maximum Gasteiger partial charge on any atom is 0.315 e. The molecule has 3 unspecified atom stereocenters. The van der Waals surface area contributed by atoms with Gasteiger partial charge >= 0.3 is 6.03 Å². The SMILES string of the molecule is CC1CCCN1C(=O)C(NC(=O)NC(CN)C(C)(C)C)C(C)(C)C. The zero-order chi connectivity index (χ0) is 18.7. The van der Waals surface area contributed by atoms with E-state index in [0.717, 1.165) is 19.4 Å². The third-order valence-electron chi connectivity index (χ3n) is 4.81. The average molecular weight is 341 g/mol. The van der Waals surface area contributed by atoms with E-state index in [4.69, 9.17) is 5.73 Å². The standard InChI is InChI=1S/C18H36N4O2/c1-12-9-8-10-22(12)15(23)14(18(5,6)7)21-16(24)20-13(11-19)17(2,3)4/h12-14H,8-11,19H2,1-7H3,(H2,20,21,24). The molecule has 1 aliphatic rings. The highest BCUT2D eigenvalue weighted by molar-refractivity contribution is 5.88. The highest BCUT2D eigenvalue weighted by Crippen LogP contribution is 2.25. The minimum atomic E-state index is -0.559. The number of amides is 3. The second kappa shape index (κ2) is 7.72. The molecule has 0 aromatic carbocycles. The number of carbonyl (C=O) groups is 2. The molecule has 24 heavy (non-hydrogen) atoms. The van der Waals surface area contributed by atoms with Gasteiger partial charge < -0.3 is 21.3 Å². The van der Waals surface area contributed by atoms with Gasteiger partial charge in [-0.15, -0.1) is 0 Å². The first-order chi connectivity index (χ1) is 10.9. The van der Waals surface area contributed by atoms with Crippen molar-refractivity contribution in [1.82, 2.24) is 15.5 Å². The van der Waals surface area contributed by atoms with E-state index in [2.05, 4.69) is 17.6 Å². The van der Waals surface area contributed by atoms with Gasteiger partial charge in [-0.3, -0.25) is 4.79 Å². The maximum atomic E-state index is 12.9. The molecule has 3 atom stereocenters. The van der Waals surface area contributed by atoms with E-state index in [0.29, 0.717) is 6.54 Å². The van der Waals surface area contributed by atoms with Crippen LogP contribution in [0.3, 0.4) is 0 Å². The smallest absolute Gasteiger partial charge is 0.315 e. The molecule has 0 aromatic heterocycles. The molecule has 1 saturated heterocycles. The van der Waals surface area contributed by atoms with Crippen LogP contribution in [-0.2, 0) is 4.79 Å². The molecule has 1 aliphatic heterocycles. The maximum absolute atomic E-state index is 12.9. The van der Waals surface area contributed by atoms with E-state index in [9.17, 15) is 9.59 Å². The number of nitrogens with one attached hydrogen (secondary N) is 2. The minimum absolute atomic E-state index is 0.00251. The molecule has 1 rings (SSSR count). The van der Waals surface area contributed by atoms with Crippen LogP contribution in [0.1, 0.15) is 61.3 Å². The molecule has 4 N–H and O–H groups in total. The summed E-state index contributed by atoms with van der Waals surface area (Å²) in [6, 6.07) is -0.811. The molecular weight excluding hydrogens is 304 g/mol. The molecule has 140 valence electrons. The van der Waals surface area contributed by atoms with Crippen LogP contribution in [-0.4, -0.2) is 48.1 Å². The monoisotopic (exact) mass is 340 g/mol. The van der Waals surface area contributed by atoms with Crippen LogP contribution < -0.4 is 16.4 Å². The lowest BCUT2D eigenvalue weighted by atomic mass is 9.85. The first kappa shape index (κ1) is 20.7. The Morgan fingerprint density at radius 3 is 2.08 bits per heavy atom. The van der Waals surface area contributed by atoms with E-state index >= 15 is 0 Å². The van der Waals surface area contributed by atoms with E-state index in [1.807, 2.05) is 46.4 Å². The van der Waals surface area contributed by atoms with E-state index < -0.39 is 6.04 Å². The second-order valence-electron chi connectivity index (χ2n) is 9.09. The first-order valence-corrected chi connectivity index (χ1v) is 8.95. The van der Waals surface area contributed by atoms with Crippen molar-refractivity contribution in [3.8, 4) is 0 Å². The highest BCUT2D eigenvalue weighted by Gasteiger charge is 2.39. The van der Waals surface area contributed by atoms with Crippen molar-refractivity contribution in [2.75, 3.05) is 13.1 Å². The minimum Gasteiger partial charge on any atom is -0.338 e. The molecule has 0 aliphatic carbocycles. The van der Waals surface area contributed by atoms with Crippen LogP contribution >= 0.6 is 0 Å². The van der Waals surface area contributed by atoms with Crippen LogP contribution in [0.15, 0.2) is 0 Å². The third-order valence-corrected chi connectivity index (χ3v) is 4.81. The van der Waals surface area contributed by atoms with Gasteiger partial charge in [-0.25, -0.2) is 4.79 Å². The van der Waals surface area contributed by atoms with Crippen molar-refractivity contribution in [2.24, 2.45) is 16.6 Å². The topological polar surface area (TPSA) is 87.5 Å². The summed E-state index contributed by atoms with van der Waals surface area (Å²) in [7, 11) is 0. The molecule has 0 bridgehead atoms. The Hall–Kier alpha value is -1.30. The second-order valence-corrected chi connectivity index (χ2v) is 9.09. The number of urea groups is 1. The lowest BCUT2D eigenvalue weighted by Crippen LogP contribution is -2.60. The molecular formula is C18H36N4O2. The predicted octanol–water partition coefficient (Wildman–Crippen LogP) is 2.08. The molecule has 0 spiro atoms. The van der Waals surface area contributed by atoms with Gasteiger partial charge in [0, 0.05) is 25.2 Å². The Bertz CT molecular complexity index is 451. The van der Waals surface area contributed by atoms with Crippen molar-refractivity contribution in [2.45, 2.75) is 79.4 Å². The fourth-order valence-electron chi connectivity index (χ4n) is 3.04. The Labute approximate surface area is 146 Å². The van der Waals surface area contributed by atoms with Gasteiger partial charge in [-0.1, -0.05) is 41.5 Å². The highest BCUT2D eigenvalue weighted by atomic mass is 16.2. The molecule has 0 saturated carbocycles. The van der Waals surface area contributed by atoms with Crippen LogP contribution in [0.2, 0.25) is 0 Å². The predicted molar refractivity (Wildman–Crippen MR) is 97.6 cm³/mol. The average Bonchev–Trinajstić information content (AvgIpc) is 2.85. The van der Waals surface area contributed by atoms with Gasteiger partial charge in [-0.2, -0.15) is 0 Å². The number of carbonyl (C=O) groups excluding carboxylic acids is 2. The molecule has 3 amide bonds. The quantitative estimate of drug-likeness (QED) is 0.732. The summed E-state index contributed by atoms with van der Waals surface area (Å²) in [5, 5.41) is 5.81. The summed E-state index contributed by atoms with van der Waals surface area (Å²) in [6.07, 6.45) is 2.04. The summed E-state index contributed by atoms with van der Waals surface area (Å²) in [5.41, 5.74) is 5.28. The van der Waals surface area contributed by atoms with Gasteiger partial charge in [0.15, 0.2) is 0 Å². The van der Waals surface area contributed by atoms with Crippen molar-refractivity contribution in [1.29, 1.82) is 0 Å². The lowest BCUT2D eigenvalue weighted by molar-refractivity contribution is -0.136. The summed E-state index contributed by atoms with van der Waals surface area (Å²) in [6.45, 7) is 15.2. The van der Waals surface area contributed by atoms with Crippen molar-refractivity contribution in [3.05, 3.63) is 0 Å². The van der Waals surface area contributed by atoms with Gasteiger partial charge in [0.2, 0.25) is 5.91 Å². The van der Waals surface area contributed by atoms with E-state index in [1.54, 1.807) is 0 Å². The van der Waals surface area contributed by atoms with Gasteiger partial charge in [0.25, 0.3) is 0 Å². The number of nitrogens with zero attached hydrogens (tertiary/aromatic N) is 1. The number of likely N-dealkylation sites (tertiary alicyclic amines) is 1. The van der Waals surface area contributed by atoms with Gasteiger partial charge in [0.05, 0.1) is 0 Å². The molecule has 1 fully saturated rings. The first-order valence-electron chi connectivity index (χ1n) is 8.95. The third kappa shape index (κ3) is 5.36. The van der Waals surface area contributed by atoms with Gasteiger partial charge in [-0.05, 0) is 30.6 Å². The summed E-state index contributed by atoms with van der Waals surface area (Å²) >= 11 is 0. The zero-order valence-corrected chi connectivity index (χ0v) is 16.4.